The molecule has 32 heavy (non-hydrogen) atoms. The maximum Gasteiger partial charge on any atom is 0.272 e. The molecule has 1 N–H and O–H groups in total. The summed E-state index contributed by atoms with van der Waals surface area (Å²) in [5, 5.41) is 8.90. The smallest absolute Gasteiger partial charge is 0.272 e. The van der Waals surface area contributed by atoms with Gasteiger partial charge in [-0.3, -0.25) is 4.79 Å². The number of nitrogens with zero attached hydrogens (tertiary/aromatic N) is 2. The number of hydrogen-bond donors (Lipinski definition) is 1. The lowest BCUT2D eigenvalue weighted by Gasteiger charge is -2.38. The molecule has 7 rings (SSSR count). The van der Waals surface area contributed by atoms with Crippen LogP contribution in [0.25, 0.3) is 5.69 Å². The summed E-state index contributed by atoms with van der Waals surface area (Å²) in [7, 11) is 0. The third-order valence-corrected chi connectivity index (χ3v) is 8.08. The molecule has 4 nitrogen and oxygen atoms in total. The van der Waals surface area contributed by atoms with Gasteiger partial charge < -0.3 is 5.32 Å². The fraction of sp³-hybridized carbons (Fsp3) is 0.407. The number of benzene rings is 2. The highest BCUT2D eigenvalue weighted by Gasteiger charge is 2.46. The van der Waals surface area contributed by atoms with Crippen molar-refractivity contribution in [1.82, 2.24) is 15.1 Å². The van der Waals surface area contributed by atoms with Gasteiger partial charge in [0, 0.05) is 16.5 Å². The van der Waals surface area contributed by atoms with E-state index >= 15 is 0 Å². The third-order valence-electron chi connectivity index (χ3n) is 7.83. The normalized spacial score (nSPS) is 26.4. The molecule has 0 aliphatic heterocycles. The molecule has 2 fully saturated rings. The van der Waals surface area contributed by atoms with E-state index in [1.54, 1.807) is 0 Å². The van der Waals surface area contributed by atoms with Crippen molar-refractivity contribution in [3.8, 4) is 5.69 Å². The molecule has 164 valence electrons. The maximum absolute atomic E-state index is 13.6. The van der Waals surface area contributed by atoms with Crippen LogP contribution in [0.5, 0.6) is 0 Å². The Bertz CT molecular complexity index is 1140. The Balaban J connectivity index is 1.44. The molecule has 2 aromatic carbocycles. The first-order chi connectivity index (χ1) is 15.6. The number of amides is 1. The van der Waals surface area contributed by atoms with E-state index in [4.69, 9.17) is 16.7 Å². The zero-order valence-electron chi connectivity index (χ0n) is 18.3. The summed E-state index contributed by atoms with van der Waals surface area (Å²) in [6, 6.07) is 17.9. The summed E-state index contributed by atoms with van der Waals surface area (Å²) in [6.45, 7) is 2.04. The van der Waals surface area contributed by atoms with Crippen LogP contribution in [0.15, 0.2) is 54.6 Å². The fourth-order valence-electron chi connectivity index (χ4n) is 6.59. The molecular formula is C27H28ClN3O. The van der Waals surface area contributed by atoms with Gasteiger partial charge in [0.1, 0.15) is 0 Å². The van der Waals surface area contributed by atoms with Crippen LogP contribution in [0.2, 0.25) is 5.02 Å². The van der Waals surface area contributed by atoms with Gasteiger partial charge in [-0.25, -0.2) is 4.68 Å². The zero-order valence-corrected chi connectivity index (χ0v) is 19.1. The van der Waals surface area contributed by atoms with E-state index in [1.807, 2.05) is 49.4 Å². The Labute approximate surface area is 194 Å². The van der Waals surface area contributed by atoms with E-state index in [-0.39, 0.29) is 11.9 Å². The molecule has 4 aliphatic rings. The number of carbonyl (C=O) groups excluding carboxylic acids is 1. The monoisotopic (exact) mass is 445 g/mol. The van der Waals surface area contributed by atoms with Crippen molar-refractivity contribution in [2.45, 2.75) is 56.9 Å². The van der Waals surface area contributed by atoms with Gasteiger partial charge in [0.05, 0.1) is 17.4 Å². The van der Waals surface area contributed by atoms with Crippen LogP contribution in [-0.4, -0.2) is 15.7 Å². The van der Waals surface area contributed by atoms with Gasteiger partial charge in [-0.2, -0.15) is 5.10 Å². The lowest BCUT2D eigenvalue weighted by Crippen LogP contribution is -2.29. The minimum Gasteiger partial charge on any atom is -0.344 e. The molecule has 1 amide bonds. The molecule has 1 heterocycles. The lowest BCUT2D eigenvalue weighted by molar-refractivity contribution is 0.0931. The number of hydrogen-bond acceptors (Lipinski definition) is 2. The first-order valence-electron chi connectivity index (χ1n) is 11.8. The van der Waals surface area contributed by atoms with Gasteiger partial charge in [0.15, 0.2) is 5.69 Å². The van der Waals surface area contributed by atoms with Gasteiger partial charge in [-0.05, 0) is 86.6 Å². The summed E-state index contributed by atoms with van der Waals surface area (Å²) in [5.74, 6) is 2.42. The molecule has 2 unspecified atom stereocenters. The summed E-state index contributed by atoms with van der Waals surface area (Å²) < 4.78 is 2.06. The molecule has 4 bridgehead atoms. The number of carbonyl (C=O) groups is 1. The summed E-state index contributed by atoms with van der Waals surface area (Å²) >= 11 is 6.16. The molecule has 3 atom stereocenters. The molecule has 3 aromatic rings. The van der Waals surface area contributed by atoms with Crippen LogP contribution in [0, 0.1) is 11.8 Å². The van der Waals surface area contributed by atoms with Crippen molar-refractivity contribution in [3.63, 3.8) is 0 Å². The topological polar surface area (TPSA) is 46.9 Å². The average molecular weight is 446 g/mol. The maximum atomic E-state index is 13.6. The van der Waals surface area contributed by atoms with Crippen molar-refractivity contribution in [2.75, 3.05) is 0 Å². The SMILES string of the molecule is C[C@H](NC(=O)c1nn(-c2ccc(Cl)cc2)c2c1C1CC3CC(C1)CC2C3)c1ccccc1. The van der Waals surface area contributed by atoms with Gasteiger partial charge in [-0.15, -0.1) is 0 Å². The minimum absolute atomic E-state index is 0.0634. The van der Waals surface area contributed by atoms with E-state index in [2.05, 4.69) is 22.1 Å². The van der Waals surface area contributed by atoms with E-state index in [1.165, 1.54) is 43.4 Å². The Morgan fingerprint density at radius 1 is 0.969 bits per heavy atom. The van der Waals surface area contributed by atoms with E-state index in [0.29, 0.717) is 22.6 Å². The van der Waals surface area contributed by atoms with Crippen molar-refractivity contribution in [2.24, 2.45) is 11.8 Å². The first kappa shape index (κ1) is 20.0. The number of aromatic nitrogens is 2. The predicted molar refractivity (Wildman–Crippen MR) is 126 cm³/mol. The lowest BCUT2D eigenvalue weighted by atomic mass is 9.67. The van der Waals surface area contributed by atoms with Crippen LogP contribution in [0.1, 0.15) is 84.2 Å². The van der Waals surface area contributed by atoms with E-state index < -0.39 is 0 Å². The van der Waals surface area contributed by atoms with Gasteiger partial charge in [-0.1, -0.05) is 41.9 Å². The molecule has 1 aromatic heterocycles. The van der Waals surface area contributed by atoms with Gasteiger partial charge in [0.25, 0.3) is 5.91 Å². The van der Waals surface area contributed by atoms with E-state index in [9.17, 15) is 4.79 Å². The Kier molecular flexibility index (Phi) is 4.87. The van der Waals surface area contributed by atoms with Crippen LogP contribution < -0.4 is 5.32 Å². The van der Waals surface area contributed by atoms with Crippen molar-refractivity contribution in [3.05, 3.63) is 82.1 Å². The van der Waals surface area contributed by atoms with Gasteiger partial charge >= 0.3 is 0 Å². The first-order valence-corrected chi connectivity index (χ1v) is 12.2. The Hall–Kier alpha value is -2.59. The minimum atomic E-state index is -0.0708. The highest BCUT2D eigenvalue weighted by molar-refractivity contribution is 6.30. The summed E-state index contributed by atoms with van der Waals surface area (Å²) in [4.78, 5) is 13.6. The standard InChI is InChI=1S/C27H28ClN3O/c1-16(19-5-3-2-4-6-19)29-27(32)25-24-20-12-17-11-18(13-20)15-21(14-17)26(24)31(30-25)23-9-7-22(28)8-10-23/h2-10,16-18,20-21H,11-15H2,1H3,(H,29,32)/t16-,17?,18?,20?,21?/m0/s1. The van der Waals surface area contributed by atoms with E-state index in [0.717, 1.165) is 23.1 Å². The van der Waals surface area contributed by atoms with Crippen molar-refractivity contribution < 1.29 is 4.79 Å². The second kappa shape index (κ2) is 7.77. The molecule has 0 radical (unpaired) electrons. The largest absolute Gasteiger partial charge is 0.344 e. The van der Waals surface area contributed by atoms with Crippen LogP contribution in [0.3, 0.4) is 0 Å². The summed E-state index contributed by atoms with van der Waals surface area (Å²) in [5.41, 5.74) is 5.20. The molecular weight excluding hydrogens is 418 g/mol. The number of nitrogens with one attached hydrogen (secondary N) is 1. The quantitative estimate of drug-likeness (QED) is 0.504. The average Bonchev–Trinajstić information content (AvgIpc) is 3.12. The number of rotatable bonds is 4. The Morgan fingerprint density at radius 2 is 1.62 bits per heavy atom. The van der Waals surface area contributed by atoms with Crippen LogP contribution in [0.4, 0.5) is 0 Å². The molecule has 2 saturated carbocycles. The highest BCUT2D eigenvalue weighted by atomic mass is 35.5. The highest BCUT2D eigenvalue weighted by Crippen LogP contribution is 2.57. The third kappa shape index (κ3) is 3.36. The zero-order chi connectivity index (χ0) is 21.8. The predicted octanol–water partition coefficient (Wildman–Crippen LogP) is 6.41. The second-order valence-electron chi connectivity index (χ2n) is 9.95. The van der Waals surface area contributed by atoms with Gasteiger partial charge in [0.2, 0.25) is 0 Å². The second-order valence-corrected chi connectivity index (χ2v) is 10.4. The molecule has 0 spiro atoms. The fourth-order valence-corrected chi connectivity index (χ4v) is 6.71. The Morgan fingerprint density at radius 3 is 2.31 bits per heavy atom. The molecule has 0 saturated heterocycles. The number of halogens is 1. The molecule has 5 heteroatoms. The van der Waals surface area contributed by atoms with Crippen molar-refractivity contribution in [1.29, 1.82) is 0 Å². The van der Waals surface area contributed by atoms with Crippen LogP contribution >= 0.6 is 11.6 Å². The van der Waals surface area contributed by atoms with Crippen LogP contribution in [-0.2, 0) is 0 Å². The van der Waals surface area contributed by atoms with Crippen molar-refractivity contribution >= 4 is 17.5 Å². The summed E-state index contributed by atoms with van der Waals surface area (Å²) in [6.07, 6.45) is 6.20. The molecule has 4 aliphatic carbocycles.